The minimum absolute atomic E-state index is 0.0102. The third kappa shape index (κ3) is 15.0. The predicted octanol–water partition coefficient (Wildman–Crippen LogP) is 7.41. The van der Waals surface area contributed by atoms with E-state index in [-0.39, 0.29) is 98.4 Å². The summed E-state index contributed by atoms with van der Waals surface area (Å²) in [6.07, 6.45) is 13.6. The fraction of sp³-hybridized carbons (Fsp3) is 0.776. The largest absolute Gasteiger partial charge is 0.460 e. The third-order valence-corrected chi connectivity index (χ3v) is 17.2. The Morgan fingerprint density at radius 3 is 2.30 bits per heavy atom. The van der Waals surface area contributed by atoms with Crippen LogP contribution in [0.1, 0.15) is 146 Å². The highest BCUT2D eigenvalue weighted by molar-refractivity contribution is 6.39. The van der Waals surface area contributed by atoms with Gasteiger partial charge in [-0.15, -0.1) is 0 Å². The maximum absolute atomic E-state index is 14.6. The fourth-order valence-corrected chi connectivity index (χ4v) is 12.0. The highest BCUT2D eigenvalue weighted by Gasteiger charge is 2.51. The second kappa shape index (κ2) is 27.6. The number of ketones is 3. The van der Waals surface area contributed by atoms with E-state index in [4.69, 9.17) is 28.4 Å². The van der Waals surface area contributed by atoms with Crippen LogP contribution in [0.5, 0.6) is 0 Å². The molecule has 16 atom stereocenters. The Balaban J connectivity index is 1.49. The van der Waals surface area contributed by atoms with Crippen molar-refractivity contribution in [3.63, 3.8) is 0 Å². The van der Waals surface area contributed by atoms with E-state index < -0.39 is 58.9 Å². The van der Waals surface area contributed by atoms with Crippen LogP contribution < -0.4 is 0 Å². The summed E-state index contributed by atoms with van der Waals surface area (Å²) in [6.45, 7) is 17.2. The number of carbonyl (C=O) groups is 5. The molecule has 0 aromatic heterocycles. The van der Waals surface area contributed by atoms with Crippen molar-refractivity contribution in [3.05, 3.63) is 47.1 Å². The quantitative estimate of drug-likeness (QED) is 0.111. The number of cyclic esters (lactones) is 1. The Morgan fingerprint density at radius 2 is 1.64 bits per heavy atom. The molecule has 3 N–H and O–H groups in total. The lowest BCUT2D eigenvalue weighted by molar-refractivity contribution is -0.182. The van der Waals surface area contributed by atoms with Crippen molar-refractivity contribution in [2.45, 2.75) is 200 Å². The first kappa shape index (κ1) is 60.5. The van der Waals surface area contributed by atoms with Crippen LogP contribution in [0.3, 0.4) is 0 Å². The van der Waals surface area contributed by atoms with E-state index in [9.17, 15) is 39.3 Å². The van der Waals surface area contributed by atoms with E-state index in [0.717, 1.165) is 17.6 Å². The first-order valence-electron chi connectivity index (χ1n) is 27.4. The molecule has 3 saturated heterocycles. The van der Waals surface area contributed by atoms with Gasteiger partial charge in [-0.1, -0.05) is 70.6 Å². The molecule has 0 aromatic carbocycles. The van der Waals surface area contributed by atoms with Gasteiger partial charge in [0.25, 0.3) is 11.7 Å². The molecule has 1 saturated carbocycles. The number of allylic oxidation sites excluding steroid dienone is 5. The van der Waals surface area contributed by atoms with E-state index in [0.29, 0.717) is 82.8 Å². The molecule has 5 aliphatic rings. The van der Waals surface area contributed by atoms with Gasteiger partial charge in [0.15, 0.2) is 11.4 Å². The average molecular weight is 1030 g/mol. The van der Waals surface area contributed by atoms with Crippen molar-refractivity contribution in [3.8, 4) is 0 Å². The standard InChI is InChI=1S/C58H91NO14/c1-35-16-12-13-17-45(51-43(33-61)34-71-51)36(2)19-22-44-23-20-41(7)57(8,73-44)54(65)55(66)59-25-15-14-18-46(59)56(67)72-49(38(4)30-42-21-24-48(70-27-26-60)50(31-42)68-10)32-47(62)37(3)29-40(6)53(64)58(9,69-11)52(63)39(5)28-35/h12-13,16-17,29,35,37-39,41-44,46,48-51,53,60-61,64H,14-15,18-28,30-34H2,1-11H3/b16-12+,17-13+,40-29+,45-36-/t35-,37-,38-,39-,41-,42+,43?,44-,46?,48-,49+,50-,51?,53?,57-,58-/m1/s1. The van der Waals surface area contributed by atoms with E-state index in [1.165, 1.54) is 12.0 Å². The van der Waals surface area contributed by atoms with Gasteiger partial charge in [0, 0.05) is 44.9 Å². The van der Waals surface area contributed by atoms with Crippen molar-refractivity contribution in [1.82, 2.24) is 4.90 Å². The van der Waals surface area contributed by atoms with Gasteiger partial charge in [-0.2, -0.15) is 0 Å². The van der Waals surface area contributed by atoms with Crippen molar-refractivity contribution in [1.29, 1.82) is 0 Å². The van der Waals surface area contributed by atoms with Gasteiger partial charge in [0.1, 0.15) is 29.6 Å². The summed E-state index contributed by atoms with van der Waals surface area (Å²) in [5, 5.41) is 31.3. The molecule has 1 amide bonds. The van der Waals surface area contributed by atoms with Crippen molar-refractivity contribution < 1.29 is 67.7 Å². The molecule has 0 aromatic rings. The number of amides is 1. The zero-order chi connectivity index (χ0) is 53.8. The molecule has 0 spiro atoms. The summed E-state index contributed by atoms with van der Waals surface area (Å²) >= 11 is 0. The second-order valence-corrected chi connectivity index (χ2v) is 22.7. The number of nitrogens with zero attached hydrogens (tertiary/aromatic N) is 1. The Morgan fingerprint density at radius 1 is 0.904 bits per heavy atom. The number of carbonyl (C=O) groups excluding carboxylic acids is 5. The maximum atomic E-state index is 14.6. The lowest BCUT2D eigenvalue weighted by Gasteiger charge is -2.44. The monoisotopic (exact) mass is 1030 g/mol. The zero-order valence-corrected chi connectivity index (χ0v) is 46.0. The van der Waals surface area contributed by atoms with Crippen molar-refractivity contribution in [2.24, 2.45) is 41.4 Å². The molecule has 73 heavy (non-hydrogen) atoms. The fourth-order valence-electron chi connectivity index (χ4n) is 12.0. The summed E-state index contributed by atoms with van der Waals surface area (Å²) in [5.41, 5.74) is -0.640. The summed E-state index contributed by atoms with van der Waals surface area (Å²) in [4.78, 5) is 73.7. The number of ether oxygens (including phenoxy) is 6. The lowest BCUT2D eigenvalue weighted by atomic mass is 9.78. The van der Waals surface area contributed by atoms with Crippen LogP contribution >= 0.6 is 0 Å². The van der Waals surface area contributed by atoms with E-state index in [1.54, 1.807) is 40.9 Å². The van der Waals surface area contributed by atoms with Crippen LogP contribution in [0.4, 0.5) is 0 Å². The minimum atomic E-state index is -1.62. The number of aliphatic hydroxyl groups excluding tert-OH is 3. The van der Waals surface area contributed by atoms with E-state index in [1.807, 2.05) is 58.9 Å². The van der Waals surface area contributed by atoms with E-state index in [2.05, 4.69) is 0 Å². The van der Waals surface area contributed by atoms with Crippen molar-refractivity contribution >= 4 is 29.2 Å². The van der Waals surface area contributed by atoms with Crippen LogP contribution in [0.2, 0.25) is 0 Å². The summed E-state index contributed by atoms with van der Waals surface area (Å²) in [7, 11) is 3.04. The third-order valence-electron chi connectivity index (χ3n) is 17.2. The Labute approximate surface area is 435 Å². The molecule has 4 unspecified atom stereocenters. The summed E-state index contributed by atoms with van der Waals surface area (Å²) < 4.78 is 36.6. The lowest BCUT2D eigenvalue weighted by Crippen LogP contribution is -2.59. The minimum Gasteiger partial charge on any atom is -0.460 e. The van der Waals surface area contributed by atoms with E-state index >= 15 is 0 Å². The molecule has 5 rings (SSSR count). The Bertz CT molecular complexity index is 2010. The van der Waals surface area contributed by atoms with Gasteiger partial charge >= 0.3 is 5.97 Å². The molecule has 4 heterocycles. The number of Topliss-reactive ketones (excluding diaryl/α,β-unsaturated/α-hetero) is 3. The second-order valence-electron chi connectivity index (χ2n) is 22.7. The summed E-state index contributed by atoms with van der Waals surface area (Å²) in [6, 6.07) is -1.05. The highest BCUT2D eigenvalue weighted by Crippen LogP contribution is 2.40. The first-order chi connectivity index (χ1) is 34.6. The zero-order valence-electron chi connectivity index (χ0n) is 46.0. The molecule has 4 fully saturated rings. The van der Waals surface area contributed by atoms with Crippen LogP contribution in [-0.2, 0) is 52.4 Å². The SMILES string of the molecule is CO[C@@H]1C[C@H](C[C@@H](C)[C@@H]2CC(=O)[C@H](C)/C=C(\C)C(O)[C@](C)(OC)C(=O)[C@H](C)C[C@H](C)/C=C/C=C/C(C3OCC3CO)=C(\C)CC[C@@H]3CC[C@@H](C)[C@@](C)(O3)C(=O)C(=O)N3CCCCC3C(=O)O2)CC[C@H]1OCCO. The number of aliphatic hydroxyl groups is 3. The molecule has 1 aliphatic carbocycles. The van der Waals surface area contributed by atoms with Gasteiger partial charge in [-0.25, -0.2) is 4.79 Å². The molecule has 15 nitrogen and oxygen atoms in total. The number of esters is 1. The molecule has 15 heteroatoms. The van der Waals surface area contributed by atoms with Crippen LogP contribution in [-0.4, -0.2) is 151 Å². The number of methoxy groups -OCH3 is 2. The summed E-state index contributed by atoms with van der Waals surface area (Å²) in [5.74, 6) is -4.38. The Hall–Kier alpha value is -3.41. The van der Waals surface area contributed by atoms with Gasteiger partial charge in [-0.05, 0) is 140 Å². The number of hydrogen-bond donors (Lipinski definition) is 3. The van der Waals surface area contributed by atoms with Crippen LogP contribution in [0.25, 0.3) is 0 Å². The molecule has 4 aliphatic heterocycles. The molecule has 2 bridgehead atoms. The number of piperidine rings is 1. The topological polar surface area (TPSA) is 205 Å². The molecule has 0 radical (unpaired) electrons. The predicted molar refractivity (Wildman–Crippen MR) is 277 cm³/mol. The number of hydrogen-bond acceptors (Lipinski definition) is 14. The Kier molecular flexibility index (Phi) is 22.8. The highest BCUT2D eigenvalue weighted by atomic mass is 16.6. The van der Waals surface area contributed by atoms with Gasteiger partial charge in [0.05, 0.1) is 50.8 Å². The van der Waals surface area contributed by atoms with Gasteiger partial charge in [-0.3, -0.25) is 19.2 Å². The van der Waals surface area contributed by atoms with Crippen molar-refractivity contribution in [2.75, 3.05) is 47.2 Å². The number of fused-ring (bicyclic) bond motifs is 3. The first-order valence-corrected chi connectivity index (χ1v) is 27.4. The van der Waals surface area contributed by atoms with Gasteiger partial charge in [0.2, 0.25) is 0 Å². The molecular weight excluding hydrogens is 935 g/mol. The molecule has 412 valence electrons. The normalized spacial score (nSPS) is 40.7. The van der Waals surface area contributed by atoms with Crippen LogP contribution in [0.15, 0.2) is 47.1 Å². The molecular formula is C58H91NO14. The maximum Gasteiger partial charge on any atom is 0.329 e. The van der Waals surface area contributed by atoms with Gasteiger partial charge < -0.3 is 48.6 Å². The average Bonchev–Trinajstić information content (AvgIpc) is 3.37. The smallest absolute Gasteiger partial charge is 0.329 e. The number of rotatable bonds is 10. The van der Waals surface area contributed by atoms with Crippen LogP contribution in [0, 0.1) is 41.4 Å².